The second-order valence-corrected chi connectivity index (χ2v) is 7.09. The first-order valence-electron chi connectivity index (χ1n) is 5.72. The normalized spacial score (nSPS) is 21.9. The Morgan fingerprint density at radius 3 is 3.00 bits per heavy atom. The lowest BCUT2D eigenvalue weighted by molar-refractivity contribution is 0.0938. The van der Waals surface area contributed by atoms with E-state index in [1.807, 2.05) is 0 Å². The van der Waals surface area contributed by atoms with E-state index in [1.54, 1.807) is 0 Å². The van der Waals surface area contributed by atoms with Gasteiger partial charge in [0.2, 0.25) is 10.0 Å². The molecule has 0 spiro atoms. The van der Waals surface area contributed by atoms with Gasteiger partial charge >= 0.3 is 0 Å². The Bertz CT molecular complexity index is 512. The van der Waals surface area contributed by atoms with Gasteiger partial charge in [-0.1, -0.05) is 0 Å². The van der Waals surface area contributed by atoms with Gasteiger partial charge in [-0.05, 0) is 18.8 Å². The number of aromatic nitrogens is 2. The van der Waals surface area contributed by atoms with Gasteiger partial charge in [0.1, 0.15) is 5.69 Å². The van der Waals surface area contributed by atoms with Crippen LogP contribution in [-0.2, 0) is 10.0 Å². The maximum Gasteiger partial charge on any atom is 0.211 e. The summed E-state index contributed by atoms with van der Waals surface area (Å²) in [5, 5.41) is 0. The fourth-order valence-corrected chi connectivity index (χ4v) is 3.52. The number of ketones is 1. The van der Waals surface area contributed by atoms with Crippen molar-refractivity contribution in [3.63, 3.8) is 0 Å². The van der Waals surface area contributed by atoms with E-state index < -0.39 is 10.0 Å². The summed E-state index contributed by atoms with van der Waals surface area (Å²) < 4.78 is 32.1. The molecular formula is C10H15N3O3S2. The van der Waals surface area contributed by atoms with Crippen molar-refractivity contribution in [2.24, 2.45) is 5.92 Å². The Labute approximate surface area is 110 Å². The van der Waals surface area contributed by atoms with Crippen LogP contribution in [0.15, 0.2) is 6.20 Å². The van der Waals surface area contributed by atoms with E-state index in [4.69, 9.17) is 0 Å². The molecule has 1 unspecified atom stereocenters. The average molecular weight is 289 g/mol. The van der Waals surface area contributed by atoms with E-state index in [2.05, 4.69) is 8.75 Å². The lowest BCUT2D eigenvalue weighted by Crippen LogP contribution is -2.39. The van der Waals surface area contributed by atoms with Crippen LogP contribution in [0.5, 0.6) is 0 Å². The van der Waals surface area contributed by atoms with Crippen LogP contribution in [0.1, 0.15) is 29.8 Å². The number of Topliss-reactive ketones (excluding diaryl/α,β-unsaturated/α-hetero) is 1. The predicted octanol–water partition coefficient (Wildman–Crippen LogP) is 0.783. The molecule has 0 amide bonds. The van der Waals surface area contributed by atoms with Crippen LogP contribution in [0.4, 0.5) is 0 Å². The van der Waals surface area contributed by atoms with E-state index in [0.717, 1.165) is 24.6 Å². The van der Waals surface area contributed by atoms with Gasteiger partial charge in [0.05, 0.1) is 24.2 Å². The molecule has 2 rings (SSSR count). The van der Waals surface area contributed by atoms with Crippen molar-refractivity contribution in [1.29, 1.82) is 0 Å². The van der Waals surface area contributed by atoms with Crippen molar-refractivity contribution < 1.29 is 13.2 Å². The summed E-state index contributed by atoms with van der Waals surface area (Å²) in [7, 11) is -3.15. The van der Waals surface area contributed by atoms with Crippen LogP contribution in [0.3, 0.4) is 0 Å². The molecule has 1 saturated heterocycles. The minimum Gasteiger partial charge on any atom is -0.292 e. The molecule has 8 heteroatoms. The number of nitrogens with zero attached hydrogens (tertiary/aromatic N) is 3. The number of rotatable bonds is 4. The molecule has 0 radical (unpaired) electrons. The number of hydrogen-bond acceptors (Lipinski definition) is 6. The third-order valence-electron chi connectivity index (χ3n) is 3.07. The molecule has 6 nitrogen and oxygen atoms in total. The van der Waals surface area contributed by atoms with Crippen molar-refractivity contribution >= 4 is 27.5 Å². The first kappa shape index (κ1) is 13.6. The fourth-order valence-electron chi connectivity index (χ4n) is 2.15. The predicted molar refractivity (Wildman–Crippen MR) is 68.0 cm³/mol. The average Bonchev–Trinajstić information content (AvgIpc) is 2.81. The minimum absolute atomic E-state index is 0.0518. The monoisotopic (exact) mass is 289 g/mol. The van der Waals surface area contributed by atoms with E-state index in [0.29, 0.717) is 25.2 Å². The van der Waals surface area contributed by atoms with Gasteiger partial charge in [-0.2, -0.15) is 8.75 Å². The van der Waals surface area contributed by atoms with Crippen molar-refractivity contribution in [2.75, 3.05) is 19.3 Å². The van der Waals surface area contributed by atoms with Gasteiger partial charge < -0.3 is 0 Å². The van der Waals surface area contributed by atoms with E-state index in [-0.39, 0.29) is 11.7 Å². The van der Waals surface area contributed by atoms with Gasteiger partial charge in [-0.25, -0.2) is 12.7 Å². The number of hydrogen-bond donors (Lipinski definition) is 0. The molecule has 1 aromatic rings. The zero-order valence-electron chi connectivity index (χ0n) is 10.1. The van der Waals surface area contributed by atoms with Crippen LogP contribution >= 0.6 is 11.7 Å². The summed E-state index contributed by atoms with van der Waals surface area (Å²) in [6.07, 6.45) is 4.71. The van der Waals surface area contributed by atoms with Crippen LogP contribution in [0.25, 0.3) is 0 Å². The summed E-state index contributed by atoms with van der Waals surface area (Å²) >= 11 is 1.01. The number of sulfonamides is 1. The maximum atomic E-state index is 11.9. The lowest BCUT2D eigenvalue weighted by Gasteiger charge is -2.30. The van der Waals surface area contributed by atoms with E-state index in [9.17, 15) is 13.2 Å². The molecule has 1 aliphatic heterocycles. The smallest absolute Gasteiger partial charge is 0.211 e. The highest BCUT2D eigenvalue weighted by Gasteiger charge is 2.27. The van der Waals surface area contributed by atoms with Crippen molar-refractivity contribution in [2.45, 2.75) is 19.3 Å². The molecule has 1 aliphatic rings. The van der Waals surface area contributed by atoms with Crippen LogP contribution < -0.4 is 0 Å². The molecular weight excluding hydrogens is 274 g/mol. The Hall–Kier alpha value is -0.860. The topological polar surface area (TPSA) is 80.2 Å². The highest BCUT2D eigenvalue weighted by Crippen LogP contribution is 2.22. The van der Waals surface area contributed by atoms with Gasteiger partial charge in [-0.3, -0.25) is 4.79 Å². The molecule has 0 aliphatic carbocycles. The molecule has 18 heavy (non-hydrogen) atoms. The molecule has 0 bridgehead atoms. The Kier molecular flexibility index (Phi) is 4.08. The van der Waals surface area contributed by atoms with Gasteiger partial charge in [0.15, 0.2) is 5.78 Å². The number of piperidine rings is 1. The summed E-state index contributed by atoms with van der Waals surface area (Å²) in [5.41, 5.74) is 0.386. The summed E-state index contributed by atoms with van der Waals surface area (Å²) in [4.78, 5) is 11.9. The highest BCUT2D eigenvalue weighted by atomic mass is 32.2. The molecule has 1 aromatic heterocycles. The number of carbonyl (C=O) groups is 1. The zero-order chi connectivity index (χ0) is 13.2. The van der Waals surface area contributed by atoms with Crippen molar-refractivity contribution in [3.8, 4) is 0 Å². The van der Waals surface area contributed by atoms with E-state index >= 15 is 0 Å². The Morgan fingerprint density at radius 1 is 1.61 bits per heavy atom. The second kappa shape index (κ2) is 5.41. The largest absolute Gasteiger partial charge is 0.292 e. The van der Waals surface area contributed by atoms with Crippen molar-refractivity contribution in [1.82, 2.24) is 13.1 Å². The zero-order valence-corrected chi connectivity index (χ0v) is 11.7. The Balaban J connectivity index is 1.96. The SMILES string of the molecule is CS(=O)(=O)N1CCCC(CC(=O)c2cnsn2)C1. The second-order valence-electron chi connectivity index (χ2n) is 4.55. The summed E-state index contributed by atoms with van der Waals surface area (Å²) in [6.45, 7) is 0.990. The first-order chi connectivity index (χ1) is 8.47. The van der Waals surface area contributed by atoms with Gasteiger partial charge in [0.25, 0.3) is 0 Å². The maximum absolute atomic E-state index is 11.9. The molecule has 2 heterocycles. The molecule has 0 N–H and O–H groups in total. The summed E-state index contributed by atoms with van der Waals surface area (Å²) in [5.74, 6) is 0.0341. The van der Waals surface area contributed by atoms with Crippen molar-refractivity contribution in [3.05, 3.63) is 11.9 Å². The first-order valence-corrected chi connectivity index (χ1v) is 8.30. The molecule has 0 saturated carbocycles. The standard InChI is InChI=1S/C10H15N3O3S2/c1-18(15,16)13-4-2-3-8(7-13)5-10(14)9-6-11-17-12-9/h6,8H,2-5,7H2,1H3. The quantitative estimate of drug-likeness (QED) is 0.765. The third kappa shape index (κ3) is 3.33. The van der Waals surface area contributed by atoms with Gasteiger partial charge in [0, 0.05) is 19.5 Å². The third-order valence-corrected chi connectivity index (χ3v) is 4.82. The molecule has 1 atom stereocenters. The minimum atomic E-state index is -3.15. The lowest BCUT2D eigenvalue weighted by atomic mass is 9.93. The molecule has 0 aromatic carbocycles. The number of carbonyl (C=O) groups excluding carboxylic acids is 1. The van der Waals surface area contributed by atoms with Gasteiger partial charge in [-0.15, -0.1) is 0 Å². The van der Waals surface area contributed by atoms with Crippen LogP contribution in [-0.4, -0.2) is 46.6 Å². The Morgan fingerprint density at radius 2 is 2.39 bits per heavy atom. The molecule has 1 fully saturated rings. The fraction of sp³-hybridized carbons (Fsp3) is 0.700. The molecule has 100 valence electrons. The van der Waals surface area contributed by atoms with E-state index in [1.165, 1.54) is 16.8 Å². The van der Waals surface area contributed by atoms with Crippen LogP contribution in [0.2, 0.25) is 0 Å². The summed E-state index contributed by atoms with van der Waals surface area (Å²) in [6, 6.07) is 0. The highest BCUT2D eigenvalue weighted by molar-refractivity contribution is 7.88. The van der Waals surface area contributed by atoms with Crippen LogP contribution in [0, 0.1) is 5.92 Å².